The molecule has 1 amide bonds. The van der Waals surface area contributed by atoms with Crippen LogP contribution in [0.1, 0.15) is 18.4 Å². The minimum absolute atomic E-state index is 0.00493. The lowest BCUT2D eigenvalue weighted by molar-refractivity contribution is -0.0215. The van der Waals surface area contributed by atoms with Crippen LogP contribution in [0.25, 0.3) is 0 Å². The Morgan fingerprint density at radius 2 is 2.00 bits per heavy atom. The monoisotopic (exact) mass is 273 g/mol. The van der Waals surface area contributed by atoms with E-state index in [4.69, 9.17) is 16.7 Å². The average molecular weight is 274 g/mol. The van der Waals surface area contributed by atoms with Gasteiger partial charge >= 0.3 is 6.09 Å². The summed E-state index contributed by atoms with van der Waals surface area (Å²) in [5.74, 6) is -0.580. The number of aliphatic hydroxyl groups is 1. The van der Waals surface area contributed by atoms with E-state index in [0.717, 1.165) is 0 Å². The molecule has 0 bridgehead atoms. The van der Waals surface area contributed by atoms with Crippen LogP contribution in [0, 0.1) is 5.82 Å². The number of nitrogens with zero attached hydrogens (tertiary/aromatic N) is 1. The van der Waals surface area contributed by atoms with Gasteiger partial charge < -0.3 is 15.1 Å². The van der Waals surface area contributed by atoms with Crippen LogP contribution in [0.15, 0.2) is 18.2 Å². The molecule has 0 saturated carbocycles. The third-order valence-corrected chi connectivity index (χ3v) is 3.62. The molecule has 0 radical (unpaired) electrons. The summed E-state index contributed by atoms with van der Waals surface area (Å²) in [6, 6.07) is 4.17. The highest BCUT2D eigenvalue weighted by atomic mass is 35.5. The third-order valence-electron chi connectivity index (χ3n) is 3.32. The summed E-state index contributed by atoms with van der Waals surface area (Å²) in [4.78, 5) is 12.0. The molecule has 0 aromatic heterocycles. The zero-order chi connectivity index (χ0) is 13.3. The smallest absolute Gasteiger partial charge is 0.407 e. The van der Waals surface area contributed by atoms with Crippen LogP contribution in [0.2, 0.25) is 5.02 Å². The molecule has 1 fully saturated rings. The largest absolute Gasteiger partial charge is 0.465 e. The van der Waals surface area contributed by atoms with Gasteiger partial charge in [0.05, 0.1) is 10.6 Å². The van der Waals surface area contributed by atoms with Gasteiger partial charge in [-0.25, -0.2) is 9.18 Å². The van der Waals surface area contributed by atoms with E-state index in [2.05, 4.69) is 0 Å². The van der Waals surface area contributed by atoms with Crippen molar-refractivity contribution in [1.82, 2.24) is 4.90 Å². The second kappa shape index (κ2) is 4.74. The van der Waals surface area contributed by atoms with Gasteiger partial charge in [-0.05, 0) is 30.5 Å². The van der Waals surface area contributed by atoms with E-state index >= 15 is 0 Å². The second-order valence-electron chi connectivity index (χ2n) is 4.43. The summed E-state index contributed by atoms with van der Waals surface area (Å²) in [7, 11) is 0. The normalized spacial score (nSPS) is 18.7. The summed E-state index contributed by atoms with van der Waals surface area (Å²) in [5, 5.41) is 19.3. The number of hydrogen-bond acceptors (Lipinski definition) is 2. The number of halogens is 2. The molecule has 4 nitrogen and oxygen atoms in total. The maximum atomic E-state index is 13.4. The van der Waals surface area contributed by atoms with Crippen molar-refractivity contribution in [3.8, 4) is 0 Å². The van der Waals surface area contributed by atoms with Gasteiger partial charge in [-0.15, -0.1) is 0 Å². The molecular weight excluding hydrogens is 261 g/mol. The van der Waals surface area contributed by atoms with Crippen molar-refractivity contribution >= 4 is 17.7 Å². The van der Waals surface area contributed by atoms with Gasteiger partial charge in [-0.2, -0.15) is 0 Å². The highest BCUT2D eigenvalue weighted by Crippen LogP contribution is 2.34. The number of carboxylic acid groups (broad SMARTS) is 1. The fraction of sp³-hybridized carbons (Fsp3) is 0.417. The zero-order valence-electron chi connectivity index (χ0n) is 9.57. The molecule has 0 aliphatic carbocycles. The van der Waals surface area contributed by atoms with Gasteiger partial charge in [0.1, 0.15) is 5.82 Å². The summed E-state index contributed by atoms with van der Waals surface area (Å²) < 4.78 is 13.4. The average Bonchev–Trinajstić information content (AvgIpc) is 2.33. The van der Waals surface area contributed by atoms with Crippen LogP contribution < -0.4 is 0 Å². The molecule has 2 N–H and O–H groups in total. The molecule has 1 heterocycles. The molecule has 6 heteroatoms. The lowest BCUT2D eigenvalue weighted by Gasteiger charge is -2.37. The van der Waals surface area contributed by atoms with Gasteiger partial charge in [0.2, 0.25) is 0 Å². The van der Waals surface area contributed by atoms with Crippen LogP contribution in [0.4, 0.5) is 9.18 Å². The van der Waals surface area contributed by atoms with E-state index in [0.29, 0.717) is 5.56 Å². The maximum Gasteiger partial charge on any atom is 0.407 e. The first-order valence-corrected chi connectivity index (χ1v) is 5.96. The molecular formula is C12H13ClFNO3. The Labute approximate surface area is 109 Å². The summed E-state index contributed by atoms with van der Waals surface area (Å²) in [6.45, 7) is 0.464. The van der Waals surface area contributed by atoms with Crippen molar-refractivity contribution in [3.05, 3.63) is 34.6 Å². The van der Waals surface area contributed by atoms with Gasteiger partial charge in [-0.1, -0.05) is 17.7 Å². The van der Waals surface area contributed by atoms with Gasteiger partial charge in [0, 0.05) is 13.1 Å². The van der Waals surface area contributed by atoms with Crippen LogP contribution >= 0.6 is 11.6 Å². The number of rotatable bonds is 1. The second-order valence-corrected chi connectivity index (χ2v) is 4.84. The lowest BCUT2D eigenvalue weighted by atomic mass is 9.84. The molecule has 0 atom stereocenters. The molecule has 2 rings (SSSR count). The lowest BCUT2D eigenvalue weighted by Crippen LogP contribution is -2.44. The van der Waals surface area contributed by atoms with Crippen molar-refractivity contribution in [1.29, 1.82) is 0 Å². The Balaban J connectivity index is 2.18. The quantitative estimate of drug-likeness (QED) is 0.826. The van der Waals surface area contributed by atoms with Crippen LogP contribution in [0.5, 0.6) is 0 Å². The highest BCUT2D eigenvalue weighted by molar-refractivity contribution is 6.30. The predicted molar refractivity (Wildman–Crippen MR) is 64.1 cm³/mol. The number of carbonyl (C=O) groups is 1. The van der Waals surface area contributed by atoms with Crippen LogP contribution in [0.3, 0.4) is 0 Å². The van der Waals surface area contributed by atoms with Crippen molar-refractivity contribution in [2.45, 2.75) is 18.4 Å². The number of amides is 1. The maximum absolute atomic E-state index is 13.4. The minimum Gasteiger partial charge on any atom is -0.465 e. The minimum atomic E-state index is -1.18. The van der Waals surface area contributed by atoms with E-state index in [1.165, 1.54) is 17.0 Å². The number of benzene rings is 1. The summed E-state index contributed by atoms with van der Waals surface area (Å²) >= 11 is 5.59. The van der Waals surface area contributed by atoms with E-state index in [9.17, 15) is 14.3 Å². The number of hydrogen-bond donors (Lipinski definition) is 2. The van der Waals surface area contributed by atoms with E-state index in [1.54, 1.807) is 6.07 Å². The summed E-state index contributed by atoms with van der Waals surface area (Å²) in [5.41, 5.74) is -0.744. The Morgan fingerprint density at radius 3 is 2.50 bits per heavy atom. The Bertz CT molecular complexity index is 472. The summed E-state index contributed by atoms with van der Waals surface area (Å²) in [6.07, 6.45) is -0.500. The molecule has 1 aromatic carbocycles. The standard InChI is InChI=1S/C12H13ClFNO3/c13-9-2-1-8(7-10(9)14)12(18)3-5-15(6-4-12)11(16)17/h1-2,7,18H,3-6H2,(H,16,17). The molecule has 1 aliphatic heterocycles. The van der Waals surface area contributed by atoms with E-state index in [1.807, 2.05) is 0 Å². The SMILES string of the molecule is O=C(O)N1CCC(O)(c2ccc(Cl)c(F)c2)CC1. The van der Waals surface area contributed by atoms with Gasteiger partial charge in [-0.3, -0.25) is 0 Å². The molecule has 98 valence electrons. The van der Waals surface area contributed by atoms with E-state index in [-0.39, 0.29) is 31.0 Å². The molecule has 18 heavy (non-hydrogen) atoms. The highest BCUT2D eigenvalue weighted by Gasteiger charge is 2.35. The molecule has 1 aromatic rings. The molecule has 0 unspecified atom stereocenters. The predicted octanol–water partition coefficient (Wildman–Crippen LogP) is 2.44. The van der Waals surface area contributed by atoms with Crippen molar-refractivity contribution in [2.24, 2.45) is 0 Å². The number of piperidine rings is 1. The first-order chi connectivity index (χ1) is 8.42. The molecule has 1 saturated heterocycles. The number of likely N-dealkylation sites (tertiary alicyclic amines) is 1. The van der Waals surface area contributed by atoms with Gasteiger partial charge in [0.15, 0.2) is 0 Å². The Morgan fingerprint density at radius 1 is 1.39 bits per heavy atom. The van der Waals surface area contributed by atoms with Crippen molar-refractivity contribution < 1.29 is 19.4 Å². The first-order valence-electron chi connectivity index (χ1n) is 5.58. The Kier molecular flexibility index (Phi) is 3.45. The zero-order valence-corrected chi connectivity index (χ0v) is 10.3. The fourth-order valence-electron chi connectivity index (χ4n) is 2.14. The Hall–Kier alpha value is -1.33. The van der Waals surface area contributed by atoms with Gasteiger partial charge in [0.25, 0.3) is 0 Å². The van der Waals surface area contributed by atoms with Crippen molar-refractivity contribution in [2.75, 3.05) is 13.1 Å². The third kappa shape index (κ3) is 2.42. The topological polar surface area (TPSA) is 60.8 Å². The molecule has 1 aliphatic rings. The van der Waals surface area contributed by atoms with Crippen LogP contribution in [-0.2, 0) is 5.60 Å². The molecule has 0 spiro atoms. The van der Waals surface area contributed by atoms with E-state index < -0.39 is 17.5 Å². The first kappa shape index (κ1) is 13.1. The van der Waals surface area contributed by atoms with Crippen LogP contribution in [-0.4, -0.2) is 34.3 Å². The van der Waals surface area contributed by atoms with Crippen molar-refractivity contribution in [3.63, 3.8) is 0 Å². The fourth-order valence-corrected chi connectivity index (χ4v) is 2.26.